The van der Waals surface area contributed by atoms with E-state index in [4.69, 9.17) is 34.5 Å². The quantitative estimate of drug-likeness (QED) is 0.489. The van der Waals surface area contributed by atoms with Crippen LogP contribution in [0.25, 0.3) is 0 Å². The van der Waals surface area contributed by atoms with Crippen molar-refractivity contribution in [1.29, 1.82) is 0 Å². The van der Waals surface area contributed by atoms with E-state index >= 15 is 0 Å². The predicted molar refractivity (Wildman–Crippen MR) is 74.9 cm³/mol. The summed E-state index contributed by atoms with van der Waals surface area (Å²) < 4.78 is 52.4. The van der Waals surface area contributed by atoms with Crippen molar-refractivity contribution in [2.75, 3.05) is 33.0 Å². The lowest BCUT2D eigenvalue weighted by atomic mass is 10.4. The molecule has 0 spiro atoms. The van der Waals surface area contributed by atoms with Crippen LogP contribution in [-0.2, 0) is 35.8 Å². The number of hydrogen-bond acceptors (Lipinski definition) is 9. The van der Waals surface area contributed by atoms with Gasteiger partial charge in [-0.1, -0.05) is 0 Å². The zero-order valence-electron chi connectivity index (χ0n) is 12.1. The van der Waals surface area contributed by atoms with Crippen LogP contribution in [0.1, 0.15) is 20.8 Å². The molecule has 128 valence electrons. The highest BCUT2D eigenvalue weighted by molar-refractivity contribution is 7.49. The van der Waals surface area contributed by atoms with Gasteiger partial charge in [-0.05, 0) is 20.8 Å². The van der Waals surface area contributed by atoms with Gasteiger partial charge in [0.1, 0.15) is 6.10 Å². The molecule has 0 aliphatic carbocycles. The Morgan fingerprint density at radius 3 is 1.81 bits per heavy atom. The van der Waals surface area contributed by atoms with E-state index in [1.165, 1.54) is 0 Å². The molecule has 0 aromatic rings. The SMILES string of the molecule is CCOP(=O)(OCl)OCC(CO)OP(=O)(OCC)OCC. The number of halogens is 1. The lowest BCUT2D eigenvalue weighted by Gasteiger charge is -2.22. The molecule has 0 aliphatic rings. The first-order valence-electron chi connectivity index (χ1n) is 6.26. The number of rotatable bonds is 13. The first-order valence-corrected chi connectivity index (χ1v) is 9.49. The van der Waals surface area contributed by atoms with Crippen LogP contribution in [0.15, 0.2) is 0 Å². The minimum Gasteiger partial charge on any atom is -0.394 e. The summed E-state index contributed by atoms with van der Waals surface area (Å²) in [6.45, 7) is 3.92. The van der Waals surface area contributed by atoms with Crippen LogP contribution >= 0.6 is 27.5 Å². The molecule has 0 rings (SSSR count). The molecule has 0 aromatic carbocycles. The van der Waals surface area contributed by atoms with Gasteiger partial charge in [-0.15, -0.1) is 0 Å². The summed E-state index contributed by atoms with van der Waals surface area (Å²) in [5.74, 6) is 0. The lowest BCUT2D eigenvalue weighted by Crippen LogP contribution is -2.23. The Balaban J connectivity index is 4.63. The summed E-state index contributed by atoms with van der Waals surface area (Å²) in [7, 11) is -7.80. The van der Waals surface area contributed by atoms with Gasteiger partial charge in [0.25, 0.3) is 0 Å². The molecular formula is C9H21ClO9P2. The molecule has 0 fully saturated rings. The van der Waals surface area contributed by atoms with Crippen LogP contribution in [0.2, 0.25) is 0 Å². The molecule has 2 unspecified atom stereocenters. The first kappa shape index (κ1) is 21.5. The Bertz CT molecular complexity index is 357. The van der Waals surface area contributed by atoms with Crippen LogP contribution in [-0.4, -0.2) is 44.2 Å². The third-order valence-electron chi connectivity index (χ3n) is 1.85. The second kappa shape index (κ2) is 11.1. The smallest absolute Gasteiger partial charge is 0.394 e. The third-order valence-corrected chi connectivity index (χ3v) is 5.27. The fraction of sp³-hybridized carbons (Fsp3) is 1.00. The standard InChI is InChI=1S/C9H21ClO9P2/c1-4-14-20(12,15-5-2)18-9(7-11)8-17-21(13,19-10)16-6-3/h9,11H,4-8H2,1-3H3. The van der Waals surface area contributed by atoms with Gasteiger partial charge in [-0.25, -0.2) is 9.13 Å². The highest BCUT2D eigenvalue weighted by Gasteiger charge is 2.33. The molecule has 0 aliphatic heterocycles. The van der Waals surface area contributed by atoms with Crippen LogP contribution in [0.5, 0.6) is 0 Å². The summed E-state index contributed by atoms with van der Waals surface area (Å²) in [6, 6.07) is 0. The Hall–Kier alpha value is 0.470. The predicted octanol–water partition coefficient (Wildman–Crippen LogP) is 2.88. The van der Waals surface area contributed by atoms with Crippen molar-refractivity contribution < 1.29 is 40.9 Å². The molecule has 0 radical (unpaired) electrons. The molecule has 0 heterocycles. The largest absolute Gasteiger partial charge is 0.491 e. The van der Waals surface area contributed by atoms with Gasteiger partial charge in [0.2, 0.25) is 0 Å². The van der Waals surface area contributed by atoms with Crippen molar-refractivity contribution in [3.63, 3.8) is 0 Å². The van der Waals surface area contributed by atoms with Gasteiger partial charge in [0.15, 0.2) is 0 Å². The maximum Gasteiger partial charge on any atom is 0.491 e. The zero-order chi connectivity index (χ0) is 16.4. The van der Waals surface area contributed by atoms with Crippen LogP contribution < -0.4 is 0 Å². The van der Waals surface area contributed by atoms with E-state index in [0.29, 0.717) is 0 Å². The van der Waals surface area contributed by atoms with Crippen molar-refractivity contribution in [2.45, 2.75) is 26.9 Å². The number of aliphatic hydroxyl groups is 1. The number of hydrogen-bond donors (Lipinski definition) is 1. The lowest BCUT2D eigenvalue weighted by molar-refractivity contribution is 0.0182. The van der Waals surface area contributed by atoms with Crippen molar-refractivity contribution in [3.8, 4) is 0 Å². The normalized spacial score (nSPS) is 16.6. The minimum absolute atomic E-state index is 0.0328. The number of phosphoric ester groups is 2. The fourth-order valence-corrected chi connectivity index (χ4v) is 3.50. The molecule has 12 heteroatoms. The second-order valence-corrected chi connectivity index (χ2v) is 7.01. The van der Waals surface area contributed by atoms with E-state index in [2.05, 4.69) is 4.08 Å². The van der Waals surface area contributed by atoms with E-state index in [9.17, 15) is 14.2 Å². The second-order valence-electron chi connectivity index (χ2n) is 3.42. The van der Waals surface area contributed by atoms with Crippen LogP contribution in [0.3, 0.4) is 0 Å². The van der Waals surface area contributed by atoms with Crippen molar-refractivity contribution in [3.05, 3.63) is 0 Å². The molecule has 0 saturated carbocycles. The van der Waals surface area contributed by atoms with Crippen LogP contribution in [0.4, 0.5) is 0 Å². The van der Waals surface area contributed by atoms with Gasteiger partial charge < -0.3 is 5.11 Å². The Kier molecular flexibility index (Phi) is 11.3. The Morgan fingerprint density at radius 1 is 0.952 bits per heavy atom. The van der Waals surface area contributed by atoms with Gasteiger partial charge in [0.05, 0.1) is 44.9 Å². The fourth-order valence-electron chi connectivity index (χ4n) is 1.12. The highest BCUT2D eigenvalue weighted by Crippen LogP contribution is 2.53. The Morgan fingerprint density at radius 2 is 1.43 bits per heavy atom. The molecule has 0 aromatic heterocycles. The first-order chi connectivity index (χ1) is 9.88. The van der Waals surface area contributed by atoms with Gasteiger partial charge in [-0.3, -0.25) is 22.6 Å². The topological polar surface area (TPSA) is 110 Å². The molecular weight excluding hydrogens is 349 g/mol. The number of phosphoric acid groups is 2. The molecule has 9 nitrogen and oxygen atoms in total. The molecule has 21 heavy (non-hydrogen) atoms. The van der Waals surface area contributed by atoms with Crippen molar-refractivity contribution in [2.24, 2.45) is 0 Å². The van der Waals surface area contributed by atoms with E-state index < -0.39 is 35.0 Å². The molecule has 0 bridgehead atoms. The summed E-state index contributed by atoms with van der Waals surface area (Å²) >= 11 is 5.03. The number of aliphatic hydroxyl groups excluding tert-OH is 1. The highest BCUT2D eigenvalue weighted by atomic mass is 35.5. The van der Waals surface area contributed by atoms with E-state index in [-0.39, 0.29) is 19.8 Å². The summed E-state index contributed by atoms with van der Waals surface area (Å²) in [5, 5.41) is 9.18. The monoisotopic (exact) mass is 370 g/mol. The maximum atomic E-state index is 12.1. The average Bonchev–Trinajstić information content (AvgIpc) is 2.44. The van der Waals surface area contributed by atoms with Gasteiger partial charge in [0, 0.05) is 0 Å². The van der Waals surface area contributed by atoms with Crippen LogP contribution in [0, 0.1) is 0 Å². The van der Waals surface area contributed by atoms with E-state index in [0.717, 1.165) is 0 Å². The summed E-state index contributed by atoms with van der Waals surface area (Å²) in [6.07, 6.45) is -1.13. The summed E-state index contributed by atoms with van der Waals surface area (Å²) in [4.78, 5) is 0. The van der Waals surface area contributed by atoms with Gasteiger partial charge >= 0.3 is 15.6 Å². The minimum atomic E-state index is -3.96. The summed E-state index contributed by atoms with van der Waals surface area (Å²) in [5.41, 5.74) is 0. The van der Waals surface area contributed by atoms with Crippen molar-refractivity contribution in [1.82, 2.24) is 0 Å². The van der Waals surface area contributed by atoms with E-state index in [1.807, 2.05) is 0 Å². The third kappa shape index (κ3) is 8.62. The molecule has 2 atom stereocenters. The van der Waals surface area contributed by atoms with Gasteiger partial charge in [-0.2, -0.15) is 4.08 Å². The van der Waals surface area contributed by atoms with E-state index in [1.54, 1.807) is 20.8 Å². The maximum absolute atomic E-state index is 12.1. The Labute approximate surface area is 129 Å². The molecule has 1 N–H and O–H groups in total. The zero-order valence-corrected chi connectivity index (χ0v) is 14.6. The molecule has 0 saturated heterocycles. The molecule has 0 amide bonds. The van der Waals surface area contributed by atoms with Crippen molar-refractivity contribution >= 4 is 27.5 Å². The average molecular weight is 371 g/mol.